The Kier molecular flexibility index (Phi) is 3.99. The first-order valence-electron chi connectivity index (χ1n) is 4.46. The van der Waals surface area contributed by atoms with Gasteiger partial charge in [-0.15, -0.1) is 0 Å². The first-order chi connectivity index (χ1) is 8.13. The van der Waals surface area contributed by atoms with Crippen LogP contribution in [-0.2, 0) is 0 Å². The number of carbonyl (C=O) groups excluding carboxylic acids is 1. The number of aldehydes is 1. The molecule has 1 aromatic carbocycles. The predicted octanol–water partition coefficient (Wildman–Crippen LogP) is 2.45. The van der Waals surface area contributed by atoms with Crippen molar-refractivity contribution in [1.29, 1.82) is 0 Å². The summed E-state index contributed by atoms with van der Waals surface area (Å²) in [6, 6.07) is 2.39. The Morgan fingerprint density at radius 3 is 2.35 bits per heavy atom. The van der Waals surface area contributed by atoms with Crippen LogP contribution < -0.4 is 9.47 Å². The van der Waals surface area contributed by atoms with Crippen molar-refractivity contribution in [2.24, 2.45) is 0 Å². The molecule has 0 amide bonds. The molecule has 0 spiro atoms. The van der Waals surface area contributed by atoms with E-state index >= 15 is 0 Å². The lowest BCUT2D eigenvalue weighted by molar-refractivity contribution is -0.385. The van der Waals surface area contributed by atoms with Gasteiger partial charge in [-0.05, 0) is 6.07 Å². The van der Waals surface area contributed by atoms with Crippen molar-refractivity contribution in [3.8, 4) is 11.5 Å². The monoisotopic (exact) mass is 235 g/mol. The number of benzene rings is 1. The minimum Gasteiger partial charge on any atom is -0.461 e. The lowest BCUT2D eigenvalue weighted by Gasteiger charge is -2.08. The van der Waals surface area contributed by atoms with Crippen LogP contribution in [0.3, 0.4) is 0 Å². The van der Waals surface area contributed by atoms with Crippen LogP contribution in [0.15, 0.2) is 37.8 Å². The summed E-state index contributed by atoms with van der Waals surface area (Å²) in [5.74, 6) is -0.105. The molecule has 1 rings (SSSR count). The minimum absolute atomic E-state index is 0.0243. The van der Waals surface area contributed by atoms with E-state index in [0.29, 0.717) is 6.29 Å². The molecule has 0 saturated heterocycles. The number of carbonyl (C=O) groups is 1. The summed E-state index contributed by atoms with van der Waals surface area (Å²) in [4.78, 5) is 20.8. The molecule has 0 aromatic heterocycles. The van der Waals surface area contributed by atoms with Crippen molar-refractivity contribution in [1.82, 2.24) is 0 Å². The SMILES string of the molecule is C=COc1cc(C=O)cc([N+](=O)[O-])c1OC=C. The van der Waals surface area contributed by atoms with Gasteiger partial charge in [0.2, 0.25) is 5.75 Å². The zero-order valence-electron chi connectivity index (χ0n) is 8.79. The normalized spacial score (nSPS) is 9.18. The van der Waals surface area contributed by atoms with E-state index in [2.05, 4.69) is 13.2 Å². The summed E-state index contributed by atoms with van der Waals surface area (Å²) in [5.41, 5.74) is -0.281. The van der Waals surface area contributed by atoms with Gasteiger partial charge in [0.15, 0.2) is 5.75 Å². The quantitative estimate of drug-likeness (QED) is 0.327. The van der Waals surface area contributed by atoms with Crippen LogP contribution in [0.5, 0.6) is 11.5 Å². The van der Waals surface area contributed by atoms with Gasteiger partial charge in [-0.25, -0.2) is 0 Å². The van der Waals surface area contributed by atoms with E-state index in [1.54, 1.807) is 0 Å². The molecule has 17 heavy (non-hydrogen) atoms. The van der Waals surface area contributed by atoms with Crippen LogP contribution in [0.4, 0.5) is 5.69 Å². The van der Waals surface area contributed by atoms with Crippen molar-refractivity contribution < 1.29 is 19.2 Å². The molecule has 0 aliphatic rings. The van der Waals surface area contributed by atoms with E-state index in [1.807, 2.05) is 0 Å². The molecule has 0 N–H and O–H groups in total. The fourth-order valence-electron chi connectivity index (χ4n) is 1.19. The summed E-state index contributed by atoms with van der Waals surface area (Å²) >= 11 is 0. The lowest BCUT2D eigenvalue weighted by atomic mass is 10.2. The third-order valence-electron chi connectivity index (χ3n) is 1.80. The Labute approximate surface area is 96.9 Å². The van der Waals surface area contributed by atoms with Crippen molar-refractivity contribution in [3.63, 3.8) is 0 Å². The Hall–Kier alpha value is -2.63. The van der Waals surface area contributed by atoms with E-state index in [9.17, 15) is 14.9 Å². The first-order valence-corrected chi connectivity index (χ1v) is 4.46. The number of ether oxygens (including phenoxy) is 2. The Bertz CT molecular complexity index is 481. The highest BCUT2D eigenvalue weighted by molar-refractivity contribution is 5.79. The van der Waals surface area contributed by atoms with Crippen LogP contribution in [0.25, 0.3) is 0 Å². The van der Waals surface area contributed by atoms with Crippen LogP contribution in [-0.4, -0.2) is 11.2 Å². The molecule has 0 radical (unpaired) electrons. The molecular formula is C11H9NO5. The topological polar surface area (TPSA) is 78.7 Å². The summed E-state index contributed by atoms with van der Waals surface area (Å²) in [5, 5.41) is 10.8. The molecule has 0 fully saturated rings. The van der Waals surface area contributed by atoms with Gasteiger partial charge in [0.1, 0.15) is 6.29 Å². The second kappa shape index (κ2) is 5.45. The number of hydrogen-bond donors (Lipinski definition) is 0. The highest BCUT2D eigenvalue weighted by Gasteiger charge is 2.22. The van der Waals surface area contributed by atoms with Gasteiger partial charge in [0.25, 0.3) is 0 Å². The minimum atomic E-state index is -0.679. The maximum absolute atomic E-state index is 10.8. The van der Waals surface area contributed by atoms with Crippen molar-refractivity contribution in [3.05, 3.63) is 53.5 Å². The van der Waals surface area contributed by atoms with Crippen molar-refractivity contribution >= 4 is 12.0 Å². The average Bonchev–Trinajstić information content (AvgIpc) is 2.31. The maximum atomic E-state index is 10.8. The second-order valence-electron chi connectivity index (χ2n) is 2.81. The molecular weight excluding hydrogens is 226 g/mol. The molecule has 1 aromatic rings. The number of hydrogen-bond acceptors (Lipinski definition) is 5. The fourth-order valence-corrected chi connectivity index (χ4v) is 1.19. The number of nitrogens with zero attached hydrogens (tertiary/aromatic N) is 1. The lowest BCUT2D eigenvalue weighted by Crippen LogP contribution is -1.97. The van der Waals surface area contributed by atoms with E-state index < -0.39 is 4.92 Å². The Morgan fingerprint density at radius 1 is 1.24 bits per heavy atom. The molecule has 88 valence electrons. The third kappa shape index (κ3) is 2.69. The maximum Gasteiger partial charge on any atom is 0.316 e. The Balaban J connectivity index is 3.47. The van der Waals surface area contributed by atoms with E-state index in [4.69, 9.17) is 9.47 Å². The molecule has 0 unspecified atom stereocenters. The van der Waals surface area contributed by atoms with E-state index in [-0.39, 0.29) is 22.7 Å². The van der Waals surface area contributed by atoms with Gasteiger partial charge >= 0.3 is 5.69 Å². The second-order valence-corrected chi connectivity index (χ2v) is 2.81. The van der Waals surface area contributed by atoms with Gasteiger partial charge in [-0.3, -0.25) is 14.9 Å². The molecule has 0 saturated carbocycles. The zero-order chi connectivity index (χ0) is 12.8. The highest BCUT2D eigenvalue weighted by atomic mass is 16.6. The Morgan fingerprint density at radius 2 is 1.88 bits per heavy atom. The standard InChI is InChI=1S/C11H9NO5/c1-3-16-10-6-8(7-13)5-9(12(14)15)11(10)17-4-2/h3-7H,1-2H2. The molecule has 0 heterocycles. The molecule has 0 aliphatic heterocycles. The summed E-state index contributed by atoms with van der Waals surface area (Å²) in [6.07, 6.45) is 2.57. The highest BCUT2D eigenvalue weighted by Crippen LogP contribution is 2.38. The van der Waals surface area contributed by atoms with Gasteiger partial charge in [-0.1, -0.05) is 13.2 Å². The summed E-state index contributed by atoms with van der Waals surface area (Å²) in [7, 11) is 0. The molecule has 6 heteroatoms. The van der Waals surface area contributed by atoms with E-state index in [1.165, 1.54) is 6.07 Å². The number of rotatable bonds is 6. The predicted molar refractivity (Wildman–Crippen MR) is 60.1 cm³/mol. The van der Waals surface area contributed by atoms with Crippen LogP contribution >= 0.6 is 0 Å². The largest absolute Gasteiger partial charge is 0.461 e. The van der Waals surface area contributed by atoms with Crippen LogP contribution in [0.2, 0.25) is 0 Å². The van der Waals surface area contributed by atoms with E-state index in [0.717, 1.165) is 18.6 Å². The fraction of sp³-hybridized carbons (Fsp3) is 0. The smallest absolute Gasteiger partial charge is 0.316 e. The summed E-state index contributed by atoms with van der Waals surface area (Å²) < 4.78 is 9.87. The van der Waals surface area contributed by atoms with Crippen molar-refractivity contribution in [2.75, 3.05) is 0 Å². The van der Waals surface area contributed by atoms with Gasteiger partial charge in [0, 0.05) is 11.6 Å². The first kappa shape index (κ1) is 12.4. The van der Waals surface area contributed by atoms with Crippen LogP contribution in [0.1, 0.15) is 10.4 Å². The number of nitro groups is 1. The van der Waals surface area contributed by atoms with Crippen LogP contribution in [0, 0.1) is 10.1 Å². The average molecular weight is 235 g/mol. The third-order valence-corrected chi connectivity index (χ3v) is 1.80. The number of nitro benzene ring substituents is 1. The molecule has 0 aliphatic carbocycles. The van der Waals surface area contributed by atoms with Gasteiger partial charge in [0.05, 0.1) is 17.4 Å². The zero-order valence-corrected chi connectivity index (χ0v) is 8.79. The van der Waals surface area contributed by atoms with Gasteiger partial charge < -0.3 is 9.47 Å². The molecule has 0 atom stereocenters. The molecule has 6 nitrogen and oxygen atoms in total. The van der Waals surface area contributed by atoms with Crippen molar-refractivity contribution in [2.45, 2.75) is 0 Å². The summed E-state index contributed by atoms with van der Waals surface area (Å²) in [6.45, 7) is 6.63. The van der Waals surface area contributed by atoms with Gasteiger partial charge in [-0.2, -0.15) is 0 Å². The molecule has 0 bridgehead atoms.